The first kappa shape index (κ1) is 25.7. The molecule has 3 aromatic carbocycles. The van der Waals surface area contributed by atoms with Gasteiger partial charge in [-0.15, -0.1) is 0 Å². The number of benzene rings is 3. The Morgan fingerprint density at radius 3 is 2.38 bits per heavy atom. The van der Waals surface area contributed by atoms with Crippen molar-refractivity contribution >= 4 is 23.1 Å². The molecule has 2 aliphatic rings. The lowest BCUT2D eigenvalue weighted by atomic mass is 9.79. The van der Waals surface area contributed by atoms with Crippen molar-refractivity contribution in [2.45, 2.75) is 26.4 Å². The van der Waals surface area contributed by atoms with E-state index in [2.05, 4.69) is 5.32 Å². The minimum atomic E-state index is -0.684. The maximum atomic E-state index is 13.6. The normalized spacial score (nSPS) is 15.9. The monoisotopic (exact) mass is 526 g/mol. The Kier molecular flexibility index (Phi) is 6.89. The van der Waals surface area contributed by atoms with E-state index in [1.165, 1.54) is 19.2 Å². The third-order valence-electron chi connectivity index (χ3n) is 6.80. The summed E-state index contributed by atoms with van der Waals surface area (Å²) in [5.74, 6) is -0.456. The summed E-state index contributed by atoms with van der Waals surface area (Å²) in [6.07, 6.45) is 0. The van der Waals surface area contributed by atoms with Crippen LogP contribution in [0.2, 0.25) is 0 Å². The molecule has 1 N–H and O–H groups in total. The molecule has 9 heteroatoms. The number of allylic oxidation sites excluding steroid dienone is 2. The third-order valence-corrected chi connectivity index (χ3v) is 6.80. The zero-order valence-corrected chi connectivity index (χ0v) is 21.6. The molecule has 0 fully saturated rings. The molecule has 1 heterocycles. The van der Waals surface area contributed by atoms with Gasteiger partial charge >= 0.3 is 5.97 Å². The number of esters is 1. The van der Waals surface area contributed by atoms with Gasteiger partial charge in [0.05, 0.1) is 29.9 Å². The lowest BCUT2D eigenvalue weighted by Gasteiger charge is -2.29. The highest BCUT2D eigenvalue weighted by Gasteiger charge is 2.43. The molecule has 9 nitrogen and oxygen atoms in total. The maximum absolute atomic E-state index is 13.6. The number of dihydropyridines is 1. The zero-order chi connectivity index (χ0) is 27.7. The van der Waals surface area contributed by atoms with Crippen molar-refractivity contribution in [2.75, 3.05) is 13.7 Å². The molecule has 39 heavy (non-hydrogen) atoms. The van der Waals surface area contributed by atoms with Crippen molar-refractivity contribution in [3.63, 3.8) is 0 Å². The number of nitrogens with zero attached hydrogens (tertiary/aromatic N) is 1. The number of nitrogens with one attached hydrogen (secondary N) is 1. The van der Waals surface area contributed by atoms with Crippen LogP contribution in [0.1, 0.15) is 46.8 Å². The summed E-state index contributed by atoms with van der Waals surface area (Å²) >= 11 is 0. The number of nitro groups is 1. The largest absolute Gasteiger partial charge is 0.490 e. The number of Topliss-reactive ketones (excluding diaryl/α,β-unsaturated/α-hetero) is 1. The molecule has 0 bridgehead atoms. The molecule has 1 aliphatic carbocycles. The van der Waals surface area contributed by atoms with Crippen molar-refractivity contribution < 1.29 is 28.7 Å². The van der Waals surface area contributed by atoms with Crippen molar-refractivity contribution in [1.29, 1.82) is 0 Å². The van der Waals surface area contributed by atoms with E-state index in [4.69, 9.17) is 14.2 Å². The summed E-state index contributed by atoms with van der Waals surface area (Å²) in [7, 11) is 1.32. The summed E-state index contributed by atoms with van der Waals surface area (Å²) in [4.78, 5) is 37.1. The minimum absolute atomic E-state index is 0.00197. The number of non-ortho nitro benzene ring substituents is 1. The molecule has 1 atom stereocenters. The summed E-state index contributed by atoms with van der Waals surface area (Å²) in [5.41, 5.74) is 4.91. The Morgan fingerprint density at radius 2 is 1.72 bits per heavy atom. The van der Waals surface area contributed by atoms with Gasteiger partial charge in [-0.1, -0.05) is 30.3 Å². The molecular formula is C30H26N2O7. The van der Waals surface area contributed by atoms with E-state index < -0.39 is 16.8 Å². The van der Waals surface area contributed by atoms with E-state index in [1.807, 2.05) is 25.1 Å². The third kappa shape index (κ3) is 4.63. The first-order valence-electron chi connectivity index (χ1n) is 12.4. The van der Waals surface area contributed by atoms with Gasteiger partial charge in [-0.05, 0) is 49.2 Å². The van der Waals surface area contributed by atoms with Gasteiger partial charge in [-0.3, -0.25) is 14.9 Å². The zero-order valence-electron chi connectivity index (χ0n) is 21.6. The number of fused-ring (bicyclic) bond motifs is 2. The van der Waals surface area contributed by atoms with Crippen LogP contribution < -0.4 is 14.8 Å². The van der Waals surface area contributed by atoms with E-state index in [0.29, 0.717) is 51.8 Å². The Bertz CT molecular complexity index is 1550. The van der Waals surface area contributed by atoms with E-state index >= 15 is 0 Å². The second-order valence-electron chi connectivity index (χ2n) is 9.10. The Hall–Kier alpha value is -4.92. The van der Waals surface area contributed by atoms with Gasteiger partial charge in [0.25, 0.3) is 5.69 Å². The summed E-state index contributed by atoms with van der Waals surface area (Å²) in [6.45, 7) is 4.17. The van der Waals surface area contributed by atoms with Crippen LogP contribution in [0.5, 0.6) is 11.5 Å². The predicted octanol–water partition coefficient (Wildman–Crippen LogP) is 5.31. The van der Waals surface area contributed by atoms with Crippen LogP contribution in [0.3, 0.4) is 0 Å². The van der Waals surface area contributed by atoms with Crippen molar-refractivity contribution in [2.24, 2.45) is 0 Å². The van der Waals surface area contributed by atoms with Crippen LogP contribution in [0.25, 0.3) is 5.70 Å². The Balaban J connectivity index is 1.53. The van der Waals surface area contributed by atoms with Crippen molar-refractivity contribution in [3.05, 3.63) is 116 Å². The standard InChI is InChI=1S/C30H26N2O7/c1-4-38-24-15-19(11-14-23(24)39-16-18-9-12-20(13-10-18)32(35)36)26-25(30(34)37-3)17(2)31-28-21-7-5-6-8-22(21)29(33)27(26)28/h5-15,26,31H,4,16H2,1-3H3/t26-/m0/s1. The molecule has 3 aromatic rings. The fourth-order valence-corrected chi connectivity index (χ4v) is 5.01. The fraction of sp³-hybridized carbons (Fsp3) is 0.200. The van der Waals surface area contributed by atoms with E-state index in [0.717, 1.165) is 11.1 Å². The average molecular weight is 527 g/mol. The van der Waals surface area contributed by atoms with Crippen molar-refractivity contribution in [1.82, 2.24) is 5.32 Å². The van der Waals surface area contributed by atoms with Crippen LogP contribution in [-0.2, 0) is 16.1 Å². The first-order valence-corrected chi connectivity index (χ1v) is 12.4. The minimum Gasteiger partial charge on any atom is -0.490 e. The number of hydrogen-bond donors (Lipinski definition) is 1. The van der Waals surface area contributed by atoms with Gasteiger partial charge in [0.15, 0.2) is 17.3 Å². The second kappa shape index (κ2) is 10.4. The van der Waals surface area contributed by atoms with Gasteiger partial charge in [-0.2, -0.15) is 0 Å². The average Bonchev–Trinajstić information content (AvgIpc) is 3.22. The molecule has 0 aromatic heterocycles. The lowest BCUT2D eigenvalue weighted by Crippen LogP contribution is -2.29. The van der Waals surface area contributed by atoms with Crippen LogP contribution >= 0.6 is 0 Å². The van der Waals surface area contributed by atoms with Gasteiger partial charge in [0.1, 0.15) is 6.61 Å². The van der Waals surface area contributed by atoms with Crippen LogP contribution in [0.4, 0.5) is 5.69 Å². The summed E-state index contributed by atoms with van der Waals surface area (Å²) in [6, 6.07) is 18.8. The highest BCUT2D eigenvalue weighted by Crippen LogP contribution is 2.48. The molecule has 198 valence electrons. The van der Waals surface area contributed by atoms with Gasteiger partial charge in [-0.25, -0.2) is 4.79 Å². The molecule has 0 saturated heterocycles. The van der Waals surface area contributed by atoms with E-state index in [9.17, 15) is 19.7 Å². The molecule has 0 saturated carbocycles. The smallest absolute Gasteiger partial charge is 0.336 e. The highest BCUT2D eigenvalue weighted by atomic mass is 16.6. The van der Waals surface area contributed by atoms with Gasteiger partial charge < -0.3 is 19.5 Å². The summed E-state index contributed by atoms with van der Waals surface area (Å²) < 4.78 is 17.0. The van der Waals surface area contributed by atoms with Crippen LogP contribution in [0.15, 0.2) is 83.6 Å². The topological polar surface area (TPSA) is 117 Å². The molecule has 0 radical (unpaired) electrons. The van der Waals surface area contributed by atoms with Crippen LogP contribution in [-0.4, -0.2) is 30.4 Å². The number of hydrogen-bond acceptors (Lipinski definition) is 8. The number of carbonyl (C=O) groups excluding carboxylic acids is 2. The molecule has 0 unspecified atom stereocenters. The number of nitro benzene ring substituents is 1. The molecule has 0 spiro atoms. The van der Waals surface area contributed by atoms with Gasteiger partial charge in [0.2, 0.25) is 0 Å². The number of methoxy groups -OCH3 is 1. The molecular weight excluding hydrogens is 500 g/mol. The number of rotatable bonds is 8. The quantitative estimate of drug-likeness (QED) is 0.238. The lowest BCUT2D eigenvalue weighted by molar-refractivity contribution is -0.384. The molecule has 5 rings (SSSR count). The number of carbonyl (C=O) groups is 2. The van der Waals surface area contributed by atoms with Gasteiger partial charge in [0, 0.05) is 40.4 Å². The summed E-state index contributed by atoms with van der Waals surface area (Å²) in [5, 5.41) is 14.2. The van der Waals surface area contributed by atoms with Crippen LogP contribution in [0, 0.1) is 10.1 Å². The SMILES string of the molecule is CCOc1cc([C@H]2C(C(=O)OC)=C(C)NC3=C2C(=O)c2ccccc23)ccc1OCc1ccc([N+](=O)[O-])cc1. The number of ketones is 1. The Morgan fingerprint density at radius 1 is 1.00 bits per heavy atom. The number of ether oxygens (including phenoxy) is 3. The fourth-order valence-electron chi connectivity index (χ4n) is 5.01. The highest BCUT2D eigenvalue weighted by molar-refractivity contribution is 6.23. The molecule has 0 amide bonds. The second-order valence-corrected chi connectivity index (χ2v) is 9.10. The maximum Gasteiger partial charge on any atom is 0.336 e. The first-order chi connectivity index (χ1) is 18.8. The predicted molar refractivity (Wildman–Crippen MR) is 143 cm³/mol. The van der Waals surface area contributed by atoms with E-state index in [-0.39, 0.29) is 18.1 Å². The van der Waals surface area contributed by atoms with Crippen molar-refractivity contribution in [3.8, 4) is 11.5 Å². The van der Waals surface area contributed by atoms with E-state index in [1.54, 1.807) is 43.3 Å². The Labute approximate surface area is 224 Å². The molecule has 1 aliphatic heterocycles.